The van der Waals surface area contributed by atoms with E-state index in [4.69, 9.17) is 21.1 Å². The molecule has 5 rings (SSSR count). The second-order valence-electron chi connectivity index (χ2n) is 10.7. The Bertz CT molecular complexity index is 1660. The van der Waals surface area contributed by atoms with E-state index in [-0.39, 0.29) is 19.0 Å². The predicted molar refractivity (Wildman–Crippen MR) is 171 cm³/mol. The van der Waals surface area contributed by atoms with Crippen molar-refractivity contribution in [2.24, 2.45) is 0 Å². The van der Waals surface area contributed by atoms with Crippen LogP contribution in [0.3, 0.4) is 0 Å². The average Bonchev–Trinajstić information content (AvgIpc) is 3.15. The number of fused-ring (bicyclic) bond motifs is 3. The van der Waals surface area contributed by atoms with Gasteiger partial charge in [-0.3, -0.25) is 19.3 Å². The minimum absolute atomic E-state index is 0. The van der Waals surface area contributed by atoms with Crippen molar-refractivity contribution in [2.75, 3.05) is 45.7 Å². The third-order valence-corrected chi connectivity index (χ3v) is 9.04. The summed E-state index contributed by atoms with van der Waals surface area (Å²) < 4.78 is 54.4. The Balaban J connectivity index is 0.00000480. The fraction of sp³-hybridized carbons (Fsp3) is 0.367. The van der Waals surface area contributed by atoms with Gasteiger partial charge in [-0.15, -0.1) is 24.2 Å². The van der Waals surface area contributed by atoms with Gasteiger partial charge in [0.15, 0.2) is 5.69 Å². The summed E-state index contributed by atoms with van der Waals surface area (Å²) in [6, 6.07) is 11.1. The lowest BCUT2D eigenvalue weighted by molar-refractivity contribution is -0.173. The molecule has 0 bridgehead atoms. The Morgan fingerprint density at radius 2 is 1.85 bits per heavy atom. The molecule has 2 aromatic carbocycles. The van der Waals surface area contributed by atoms with E-state index in [1.807, 2.05) is 49.3 Å². The highest BCUT2D eigenvalue weighted by atomic mass is 35.5. The van der Waals surface area contributed by atoms with Crippen LogP contribution in [0.1, 0.15) is 40.1 Å². The van der Waals surface area contributed by atoms with E-state index < -0.39 is 60.6 Å². The highest BCUT2D eigenvalue weighted by Crippen LogP contribution is 2.45. The largest absolute Gasteiger partial charge is 0.451 e. The van der Waals surface area contributed by atoms with Gasteiger partial charge in [-0.2, -0.15) is 13.2 Å². The number of nitrogens with zero attached hydrogens (tertiary/aromatic N) is 4. The molecule has 0 fully saturated rings. The van der Waals surface area contributed by atoms with E-state index in [1.54, 1.807) is 28.9 Å². The van der Waals surface area contributed by atoms with E-state index >= 15 is 0 Å². The number of aromatic nitrogens is 1. The van der Waals surface area contributed by atoms with E-state index in [1.165, 1.54) is 10.9 Å². The second kappa shape index (κ2) is 14.4. The van der Waals surface area contributed by atoms with Crippen molar-refractivity contribution in [2.45, 2.75) is 35.8 Å². The average molecular weight is 703 g/mol. The Kier molecular flexibility index (Phi) is 11.1. The van der Waals surface area contributed by atoms with Gasteiger partial charge in [0.2, 0.25) is 18.0 Å². The monoisotopic (exact) mass is 701 g/mol. The fourth-order valence-electron chi connectivity index (χ4n) is 5.20. The lowest BCUT2D eigenvalue weighted by Gasteiger charge is -2.46. The molecule has 248 valence electrons. The van der Waals surface area contributed by atoms with Crippen LogP contribution in [-0.2, 0) is 10.5 Å². The zero-order valence-electron chi connectivity index (χ0n) is 25.0. The van der Waals surface area contributed by atoms with Crippen LogP contribution in [0.15, 0.2) is 64.4 Å². The summed E-state index contributed by atoms with van der Waals surface area (Å²) in [6.45, 7) is 0.465. The summed E-state index contributed by atoms with van der Waals surface area (Å²) in [4.78, 5) is 42.4. The van der Waals surface area contributed by atoms with E-state index in [9.17, 15) is 27.6 Å². The minimum Gasteiger partial charge on any atom is -0.451 e. The number of ether oxygens (including phenoxy) is 2. The van der Waals surface area contributed by atoms with Gasteiger partial charge >= 0.3 is 12.3 Å². The summed E-state index contributed by atoms with van der Waals surface area (Å²) in [7, 11) is 3.65. The first-order chi connectivity index (χ1) is 21.4. The number of carbonyl (C=O) groups is 2. The Morgan fingerprint density at radius 1 is 1.13 bits per heavy atom. The van der Waals surface area contributed by atoms with Crippen LogP contribution >= 0.6 is 35.8 Å². The highest BCUT2D eigenvalue weighted by Gasteiger charge is 2.48. The van der Waals surface area contributed by atoms with Crippen molar-refractivity contribution in [3.8, 4) is 5.75 Å². The number of carbonyl (C=O) groups excluding carboxylic acids is 2. The normalized spacial score (nSPS) is 16.4. The molecule has 0 saturated heterocycles. The van der Waals surface area contributed by atoms with Crippen molar-refractivity contribution in [3.05, 3.63) is 92.4 Å². The molecule has 2 aliphatic heterocycles. The summed E-state index contributed by atoms with van der Waals surface area (Å²) in [5.41, 5.74) is 1.11. The third-order valence-electron chi connectivity index (χ3n) is 7.57. The van der Waals surface area contributed by atoms with Crippen LogP contribution in [0.4, 0.5) is 18.0 Å². The molecule has 2 atom stereocenters. The molecular formula is C30H32Cl2F3N5O5S. The van der Waals surface area contributed by atoms with Gasteiger partial charge < -0.3 is 24.6 Å². The predicted octanol–water partition coefficient (Wildman–Crippen LogP) is 5.25. The molecule has 46 heavy (non-hydrogen) atoms. The zero-order valence-corrected chi connectivity index (χ0v) is 27.4. The lowest BCUT2D eigenvalue weighted by atomic mass is 9.94. The standard InChI is InChI=1S/C30H31ClF3N5O5S.ClH/c1-18(30(32,33)34)37-16-39(25-19-8-6-9-22(31)21(19)15-45-24-10-5-4-7-20(24)25)38-13-11-23(40)27(26(38)28(37)41)43-17-44-29(42)35-12-14-36(2)3;/h4-11,13,18,25H,12,14-17H2,1-3H3,(H,35,42);1H/t18-,25+;/m1./s1. The summed E-state index contributed by atoms with van der Waals surface area (Å²) in [6.07, 6.45) is -4.27. The smallest absolute Gasteiger partial charge is 0.410 e. The maximum absolute atomic E-state index is 14.2. The van der Waals surface area contributed by atoms with Crippen LogP contribution in [0, 0.1) is 0 Å². The van der Waals surface area contributed by atoms with Gasteiger partial charge in [-0.05, 0) is 49.8 Å². The van der Waals surface area contributed by atoms with Crippen molar-refractivity contribution in [1.29, 1.82) is 0 Å². The van der Waals surface area contributed by atoms with Crippen LogP contribution in [0.5, 0.6) is 5.75 Å². The molecule has 0 saturated carbocycles. The quantitative estimate of drug-likeness (QED) is 0.319. The Hall–Kier alpha value is -3.59. The van der Waals surface area contributed by atoms with Crippen molar-refractivity contribution in [3.63, 3.8) is 0 Å². The van der Waals surface area contributed by atoms with Gasteiger partial charge in [0.1, 0.15) is 12.7 Å². The van der Waals surface area contributed by atoms with E-state index in [0.717, 1.165) is 34.6 Å². The first-order valence-corrected chi connectivity index (χ1v) is 15.3. The van der Waals surface area contributed by atoms with E-state index in [2.05, 4.69) is 5.32 Å². The third kappa shape index (κ3) is 7.19. The maximum atomic E-state index is 14.2. The van der Waals surface area contributed by atoms with Crippen LogP contribution < -0.4 is 20.5 Å². The minimum atomic E-state index is -4.77. The van der Waals surface area contributed by atoms with E-state index in [0.29, 0.717) is 22.2 Å². The molecule has 3 heterocycles. The molecule has 2 amide bonds. The van der Waals surface area contributed by atoms with Gasteiger partial charge in [0, 0.05) is 41.0 Å². The van der Waals surface area contributed by atoms with Crippen LogP contribution in [0.2, 0.25) is 5.02 Å². The molecule has 0 radical (unpaired) electrons. The maximum Gasteiger partial charge on any atom is 0.410 e. The molecular weight excluding hydrogens is 670 g/mol. The Labute approximate surface area is 278 Å². The van der Waals surface area contributed by atoms with Crippen molar-refractivity contribution >= 4 is 47.8 Å². The molecule has 0 unspecified atom stereocenters. The van der Waals surface area contributed by atoms with Gasteiger partial charge in [-0.1, -0.05) is 41.9 Å². The number of likely N-dealkylation sites (N-methyl/N-ethyl adjacent to an activating group) is 1. The molecule has 1 N–H and O–H groups in total. The zero-order chi connectivity index (χ0) is 32.5. The molecule has 1 aromatic heterocycles. The first-order valence-electron chi connectivity index (χ1n) is 14.0. The SMILES string of the molecule is C[C@@H](N1CN([C@@H]2c3ccccc3SCc3c(Cl)cccc32)n2ccc(=O)c(OCOC(=O)NCCN(C)C)c2C1=O)C(F)(F)F.Cl. The highest BCUT2D eigenvalue weighted by molar-refractivity contribution is 7.98. The lowest BCUT2D eigenvalue weighted by Crippen LogP contribution is -2.60. The number of hydrogen-bond donors (Lipinski definition) is 1. The molecule has 2 aliphatic rings. The number of benzene rings is 2. The summed E-state index contributed by atoms with van der Waals surface area (Å²) >= 11 is 8.18. The second-order valence-corrected chi connectivity index (χ2v) is 12.2. The van der Waals surface area contributed by atoms with Crippen LogP contribution in [0.25, 0.3) is 0 Å². The number of alkyl carbamates (subject to hydrolysis) is 1. The number of hydrogen-bond acceptors (Lipinski definition) is 8. The number of alkyl halides is 3. The molecule has 16 heteroatoms. The number of rotatable bonds is 8. The molecule has 0 spiro atoms. The van der Waals surface area contributed by atoms with Crippen molar-refractivity contribution < 1.29 is 32.2 Å². The van der Waals surface area contributed by atoms with Gasteiger partial charge in [0.05, 0.1) is 6.04 Å². The van der Waals surface area contributed by atoms with Crippen molar-refractivity contribution in [1.82, 2.24) is 19.8 Å². The van der Waals surface area contributed by atoms with Gasteiger partial charge in [-0.25, -0.2) is 4.79 Å². The van der Waals surface area contributed by atoms with Gasteiger partial charge in [0.25, 0.3) is 5.91 Å². The molecule has 10 nitrogen and oxygen atoms in total. The molecule has 0 aliphatic carbocycles. The fourth-order valence-corrected chi connectivity index (χ4v) is 6.67. The molecule has 3 aromatic rings. The number of amides is 2. The number of pyridine rings is 1. The summed E-state index contributed by atoms with van der Waals surface area (Å²) in [5.74, 6) is -1.10. The Morgan fingerprint density at radius 3 is 2.57 bits per heavy atom. The number of halogens is 5. The first kappa shape index (κ1) is 35.3. The topological polar surface area (TPSA) is 96.3 Å². The summed E-state index contributed by atoms with van der Waals surface area (Å²) in [5, 5.41) is 4.60. The van der Waals surface area contributed by atoms with Crippen LogP contribution in [-0.4, -0.2) is 79.3 Å². The number of nitrogens with one attached hydrogen (secondary N) is 1. The number of thioether (sulfide) groups is 1.